The highest BCUT2D eigenvalue weighted by Crippen LogP contribution is 2.33. The second kappa shape index (κ2) is 3.87. The fraction of sp³-hybridized carbons (Fsp3) is 0.364. The maximum absolute atomic E-state index is 11.8. The van der Waals surface area contributed by atoms with Crippen LogP contribution in [-0.2, 0) is 0 Å². The summed E-state index contributed by atoms with van der Waals surface area (Å²) in [5.41, 5.74) is -0.576. The number of aliphatic hydroxyl groups is 1. The molecule has 92 valence electrons. The van der Waals surface area contributed by atoms with E-state index < -0.39 is 17.8 Å². The molecule has 0 saturated carbocycles. The summed E-state index contributed by atoms with van der Waals surface area (Å²) in [6.07, 6.45) is -1.12. The number of amides is 2. The minimum atomic E-state index is -1.12. The number of hydrogen-bond donors (Lipinski definition) is 2. The molecule has 1 heterocycles. The van der Waals surface area contributed by atoms with E-state index in [1.807, 2.05) is 0 Å². The highest BCUT2D eigenvalue weighted by Gasteiger charge is 2.51. The fourth-order valence-corrected chi connectivity index (χ4v) is 1.86. The van der Waals surface area contributed by atoms with Crippen LogP contribution in [0.3, 0.4) is 0 Å². The quantitative estimate of drug-likeness (QED) is 0.756. The Balaban J connectivity index is 2.40. The lowest BCUT2D eigenvalue weighted by Crippen LogP contribution is -2.45. The Bertz CT molecular complexity index is 447. The number of hydrogen-bond acceptors (Lipinski definition) is 3. The third-order valence-corrected chi connectivity index (χ3v) is 3.17. The van der Waals surface area contributed by atoms with Crippen molar-refractivity contribution in [3.63, 3.8) is 0 Å². The largest absolute Gasteiger partial charge is 0.371 e. The van der Waals surface area contributed by atoms with Gasteiger partial charge in [0.05, 0.1) is 0 Å². The predicted molar refractivity (Wildman–Crippen MR) is 63.0 cm³/mol. The Kier molecular flexibility index (Phi) is 2.77. The van der Waals surface area contributed by atoms with Crippen molar-refractivity contribution in [3.8, 4) is 0 Å². The monoisotopic (exact) mass is 256 g/mol. The summed E-state index contributed by atoms with van der Waals surface area (Å²) < 4.78 is 0. The van der Waals surface area contributed by atoms with E-state index in [1.54, 1.807) is 38.1 Å². The predicted octanol–water partition coefficient (Wildman–Crippen LogP) is 2.07. The minimum absolute atomic E-state index is 0.483. The van der Waals surface area contributed by atoms with E-state index in [9.17, 15) is 15.1 Å². The molecule has 1 aliphatic rings. The topological polar surface area (TPSA) is 64.0 Å². The third-order valence-electron chi connectivity index (χ3n) is 2.91. The van der Waals surface area contributed by atoms with Crippen LogP contribution in [0.4, 0.5) is 10.5 Å². The summed E-state index contributed by atoms with van der Waals surface area (Å²) in [5, 5.41) is 20.8. The molecule has 5 nitrogen and oxygen atoms in total. The molecule has 6 heteroatoms. The lowest BCUT2D eigenvalue weighted by atomic mass is 10.0. The zero-order valence-corrected chi connectivity index (χ0v) is 10.2. The molecule has 2 rings (SSSR count). The van der Waals surface area contributed by atoms with Gasteiger partial charge in [0.15, 0.2) is 6.23 Å². The summed E-state index contributed by atoms with van der Waals surface area (Å²) in [7, 11) is 0. The van der Waals surface area contributed by atoms with Crippen LogP contribution in [0.15, 0.2) is 24.3 Å². The SMILES string of the molecule is CC1(C)C(O)N(c2ccc(Cl)cc2)C(=O)N1O. The number of hydroxylamine groups is 2. The van der Waals surface area contributed by atoms with Gasteiger partial charge in [0, 0.05) is 10.7 Å². The zero-order valence-electron chi connectivity index (χ0n) is 9.46. The van der Waals surface area contributed by atoms with Crippen molar-refractivity contribution in [2.75, 3.05) is 4.90 Å². The Morgan fingerprint density at radius 2 is 1.82 bits per heavy atom. The number of rotatable bonds is 1. The second-order valence-electron chi connectivity index (χ2n) is 4.47. The molecule has 1 aromatic carbocycles. The lowest BCUT2D eigenvalue weighted by molar-refractivity contribution is -0.121. The van der Waals surface area contributed by atoms with Crippen LogP contribution < -0.4 is 4.90 Å². The van der Waals surface area contributed by atoms with Crippen molar-refractivity contribution >= 4 is 23.3 Å². The minimum Gasteiger partial charge on any atom is -0.371 e. The van der Waals surface area contributed by atoms with Gasteiger partial charge < -0.3 is 5.11 Å². The molecule has 0 aliphatic carbocycles. The fourth-order valence-electron chi connectivity index (χ4n) is 1.73. The molecule has 1 unspecified atom stereocenters. The standard InChI is InChI=1S/C11H13ClN2O3/c1-11(2)9(15)13(10(16)14(11)17)8-5-3-7(12)4-6-8/h3-6,9,15,17H,1-2H3. The van der Waals surface area contributed by atoms with Gasteiger partial charge in [0.25, 0.3) is 0 Å². The maximum atomic E-state index is 11.8. The van der Waals surface area contributed by atoms with Gasteiger partial charge in [-0.3, -0.25) is 10.1 Å². The molecule has 17 heavy (non-hydrogen) atoms. The van der Waals surface area contributed by atoms with Crippen LogP contribution >= 0.6 is 11.6 Å². The number of nitrogens with zero attached hydrogens (tertiary/aromatic N) is 2. The first-order valence-corrected chi connectivity index (χ1v) is 5.49. The number of carbonyl (C=O) groups is 1. The molecule has 1 aliphatic heterocycles. The Hall–Kier alpha value is -1.30. The lowest BCUT2D eigenvalue weighted by Gasteiger charge is -2.27. The zero-order chi connectivity index (χ0) is 12.8. The van der Waals surface area contributed by atoms with Crippen LogP contribution in [0, 0.1) is 0 Å². The Morgan fingerprint density at radius 3 is 2.24 bits per heavy atom. The molecule has 0 spiro atoms. The normalized spacial score (nSPS) is 23.4. The second-order valence-corrected chi connectivity index (χ2v) is 4.90. The molecule has 1 atom stereocenters. The molecule has 1 fully saturated rings. The van der Waals surface area contributed by atoms with Crippen LogP contribution in [0.2, 0.25) is 5.02 Å². The van der Waals surface area contributed by atoms with E-state index in [2.05, 4.69) is 0 Å². The molecule has 0 bridgehead atoms. The van der Waals surface area contributed by atoms with Crippen molar-refractivity contribution in [1.82, 2.24) is 5.06 Å². The molecule has 0 radical (unpaired) electrons. The van der Waals surface area contributed by atoms with Gasteiger partial charge in [-0.2, -0.15) is 5.06 Å². The van der Waals surface area contributed by atoms with E-state index in [4.69, 9.17) is 11.6 Å². The van der Waals surface area contributed by atoms with Gasteiger partial charge >= 0.3 is 6.03 Å². The Labute approximate surface area is 104 Å². The van der Waals surface area contributed by atoms with Crippen molar-refractivity contribution in [3.05, 3.63) is 29.3 Å². The summed E-state index contributed by atoms with van der Waals surface area (Å²) in [5.74, 6) is 0. The van der Waals surface area contributed by atoms with Gasteiger partial charge in [0.2, 0.25) is 0 Å². The average molecular weight is 257 g/mol. The van der Waals surface area contributed by atoms with Crippen molar-refractivity contribution in [2.24, 2.45) is 0 Å². The van der Waals surface area contributed by atoms with E-state index in [0.717, 1.165) is 4.90 Å². The highest BCUT2D eigenvalue weighted by molar-refractivity contribution is 6.30. The first-order chi connectivity index (χ1) is 7.85. The number of urea groups is 1. The van der Waals surface area contributed by atoms with Gasteiger partial charge in [-0.05, 0) is 38.1 Å². The number of carbonyl (C=O) groups excluding carboxylic acids is 1. The third kappa shape index (κ3) is 1.76. The van der Waals surface area contributed by atoms with E-state index in [1.165, 1.54) is 0 Å². The number of aliphatic hydroxyl groups excluding tert-OH is 1. The van der Waals surface area contributed by atoms with Crippen LogP contribution in [0.5, 0.6) is 0 Å². The first kappa shape index (κ1) is 12.2. The maximum Gasteiger partial charge on any atom is 0.351 e. The van der Waals surface area contributed by atoms with Crippen LogP contribution in [0.25, 0.3) is 0 Å². The van der Waals surface area contributed by atoms with Gasteiger partial charge in [-0.15, -0.1) is 0 Å². The summed E-state index contributed by atoms with van der Waals surface area (Å²) >= 11 is 5.75. The van der Waals surface area contributed by atoms with Gasteiger partial charge in [-0.1, -0.05) is 11.6 Å². The van der Waals surface area contributed by atoms with Crippen molar-refractivity contribution < 1.29 is 15.1 Å². The molecule has 2 N–H and O–H groups in total. The molecule has 1 aromatic rings. The van der Waals surface area contributed by atoms with Crippen molar-refractivity contribution in [1.29, 1.82) is 0 Å². The summed E-state index contributed by atoms with van der Waals surface area (Å²) in [4.78, 5) is 12.9. The van der Waals surface area contributed by atoms with E-state index in [0.29, 0.717) is 15.8 Å². The first-order valence-electron chi connectivity index (χ1n) is 5.11. The number of benzene rings is 1. The molecular weight excluding hydrogens is 244 g/mol. The van der Waals surface area contributed by atoms with Crippen LogP contribution in [-0.4, -0.2) is 33.2 Å². The van der Waals surface area contributed by atoms with E-state index in [-0.39, 0.29) is 0 Å². The van der Waals surface area contributed by atoms with E-state index >= 15 is 0 Å². The molecule has 0 aromatic heterocycles. The average Bonchev–Trinajstić information content (AvgIpc) is 2.43. The molecule has 2 amide bonds. The Morgan fingerprint density at radius 1 is 1.29 bits per heavy atom. The van der Waals surface area contributed by atoms with Crippen LogP contribution in [0.1, 0.15) is 13.8 Å². The van der Waals surface area contributed by atoms with Gasteiger partial charge in [-0.25, -0.2) is 4.79 Å². The number of anilines is 1. The smallest absolute Gasteiger partial charge is 0.351 e. The summed E-state index contributed by atoms with van der Waals surface area (Å²) in [6, 6.07) is 5.79. The summed E-state index contributed by atoms with van der Waals surface area (Å²) in [6.45, 7) is 3.15. The molecular formula is C11H13ClN2O3. The highest BCUT2D eigenvalue weighted by atomic mass is 35.5. The van der Waals surface area contributed by atoms with Gasteiger partial charge in [0.1, 0.15) is 5.54 Å². The number of halogens is 1. The van der Waals surface area contributed by atoms with Crippen molar-refractivity contribution in [2.45, 2.75) is 25.6 Å². The molecule has 1 saturated heterocycles.